The maximum absolute atomic E-state index is 13.7. The van der Waals surface area contributed by atoms with Crippen LogP contribution in [-0.4, -0.2) is 61.5 Å². The molecule has 3 aromatic rings. The number of hydrogen-bond donors (Lipinski definition) is 2. The van der Waals surface area contributed by atoms with E-state index in [4.69, 9.17) is 0 Å². The van der Waals surface area contributed by atoms with Crippen LogP contribution in [-0.2, 0) is 32.6 Å². The van der Waals surface area contributed by atoms with Gasteiger partial charge in [-0.2, -0.15) is 18.4 Å². The van der Waals surface area contributed by atoms with Gasteiger partial charge >= 0.3 is 6.18 Å². The minimum absolute atomic E-state index is 0.162. The van der Waals surface area contributed by atoms with Gasteiger partial charge in [0, 0.05) is 19.1 Å². The molecule has 0 radical (unpaired) electrons. The number of alkyl halides is 3. The monoisotopic (exact) mass is 530 g/mol. The molecular weight excluding hydrogens is 509 g/mol. The molecule has 2 aromatic carbocycles. The van der Waals surface area contributed by atoms with Gasteiger partial charge in [0.1, 0.15) is 0 Å². The standard InChI is InChI=1S/C20H21F3N6O4S2/c21-20(22,23)17-7-6-16(34(30,31)15-4-2-1-3-5-15)12-18(17)35(32,33)26-14-8-10-29(11-9-14)13-19-24-27-28-25-19/h1-7,12,14,26H,8-11,13H2,(H,24,25,27,28). The lowest BCUT2D eigenvalue weighted by Crippen LogP contribution is -2.44. The van der Waals surface area contributed by atoms with E-state index >= 15 is 0 Å². The highest BCUT2D eigenvalue weighted by Gasteiger charge is 2.39. The van der Waals surface area contributed by atoms with Crippen molar-refractivity contribution in [3.8, 4) is 0 Å². The Morgan fingerprint density at radius 2 is 1.69 bits per heavy atom. The van der Waals surface area contributed by atoms with Gasteiger partial charge in [-0.1, -0.05) is 23.4 Å². The maximum Gasteiger partial charge on any atom is 0.417 e. The molecule has 0 saturated carbocycles. The minimum Gasteiger partial charge on any atom is -0.296 e. The van der Waals surface area contributed by atoms with Crippen LogP contribution in [0.5, 0.6) is 0 Å². The van der Waals surface area contributed by atoms with Crippen molar-refractivity contribution in [1.29, 1.82) is 0 Å². The minimum atomic E-state index is -5.01. The summed E-state index contributed by atoms with van der Waals surface area (Å²) in [7, 11) is -8.93. The lowest BCUT2D eigenvalue weighted by molar-refractivity contribution is -0.139. The molecule has 4 rings (SSSR count). The number of likely N-dealkylation sites (tertiary alicyclic amines) is 1. The molecule has 0 amide bonds. The van der Waals surface area contributed by atoms with E-state index in [1.54, 1.807) is 6.07 Å². The second kappa shape index (κ2) is 9.64. The first-order valence-electron chi connectivity index (χ1n) is 10.5. The summed E-state index contributed by atoms with van der Waals surface area (Å²) in [4.78, 5) is 0.123. The Morgan fingerprint density at radius 1 is 1.00 bits per heavy atom. The van der Waals surface area contributed by atoms with Crippen molar-refractivity contribution in [1.82, 2.24) is 30.2 Å². The van der Waals surface area contributed by atoms with Crippen molar-refractivity contribution in [2.75, 3.05) is 13.1 Å². The van der Waals surface area contributed by atoms with E-state index in [1.807, 2.05) is 4.90 Å². The molecule has 35 heavy (non-hydrogen) atoms. The average molecular weight is 531 g/mol. The smallest absolute Gasteiger partial charge is 0.296 e. The van der Waals surface area contributed by atoms with Crippen LogP contribution in [0.15, 0.2) is 63.2 Å². The highest BCUT2D eigenvalue weighted by molar-refractivity contribution is 7.91. The molecule has 1 aliphatic heterocycles. The van der Waals surface area contributed by atoms with E-state index in [2.05, 4.69) is 25.3 Å². The van der Waals surface area contributed by atoms with Crippen LogP contribution in [0, 0.1) is 0 Å². The first kappa shape index (κ1) is 25.2. The molecule has 10 nitrogen and oxygen atoms in total. The summed E-state index contributed by atoms with van der Waals surface area (Å²) in [6.45, 7) is 1.31. The van der Waals surface area contributed by atoms with Crippen molar-refractivity contribution < 1.29 is 30.0 Å². The molecule has 1 aliphatic rings. The number of rotatable bonds is 7. The van der Waals surface area contributed by atoms with E-state index in [-0.39, 0.29) is 4.90 Å². The maximum atomic E-state index is 13.7. The molecule has 1 aromatic heterocycles. The van der Waals surface area contributed by atoms with Crippen LogP contribution in [0.2, 0.25) is 0 Å². The van der Waals surface area contributed by atoms with Gasteiger partial charge in [-0.25, -0.2) is 21.6 Å². The third-order valence-corrected chi connectivity index (χ3v) is 8.90. The molecule has 2 N–H and O–H groups in total. The molecule has 0 bridgehead atoms. The first-order chi connectivity index (χ1) is 16.5. The van der Waals surface area contributed by atoms with Crippen molar-refractivity contribution in [2.45, 2.75) is 46.3 Å². The molecule has 188 valence electrons. The summed E-state index contributed by atoms with van der Waals surface area (Å²) >= 11 is 0. The number of hydrogen-bond acceptors (Lipinski definition) is 8. The number of piperidine rings is 1. The fraction of sp³-hybridized carbons (Fsp3) is 0.350. The zero-order chi connectivity index (χ0) is 25.3. The van der Waals surface area contributed by atoms with Crippen molar-refractivity contribution in [2.24, 2.45) is 0 Å². The highest BCUT2D eigenvalue weighted by Crippen LogP contribution is 2.36. The Morgan fingerprint density at radius 3 is 2.29 bits per heavy atom. The molecule has 0 atom stereocenters. The van der Waals surface area contributed by atoms with Crippen LogP contribution < -0.4 is 4.72 Å². The summed E-state index contributed by atoms with van der Waals surface area (Å²) in [5.74, 6) is 0.468. The van der Waals surface area contributed by atoms with E-state index in [0.717, 1.165) is 6.07 Å². The molecule has 2 heterocycles. The molecule has 15 heteroatoms. The predicted octanol–water partition coefficient (Wildman–Crippen LogP) is 1.99. The van der Waals surface area contributed by atoms with E-state index in [1.165, 1.54) is 24.3 Å². The second-order valence-corrected chi connectivity index (χ2v) is 11.6. The number of H-pyrrole nitrogens is 1. The zero-order valence-corrected chi connectivity index (χ0v) is 19.7. The largest absolute Gasteiger partial charge is 0.417 e. The van der Waals surface area contributed by atoms with Crippen LogP contribution in [0.4, 0.5) is 13.2 Å². The molecule has 1 fully saturated rings. The summed E-state index contributed by atoms with van der Waals surface area (Å²) in [5, 5.41) is 13.5. The Kier molecular flexibility index (Phi) is 6.95. The normalized spacial score (nSPS) is 16.4. The number of sulfonamides is 1. The second-order valence-electron chi connectivity index (χ2n) is 7.97. The number of nitrogens with zero attached hydrogens (tertiary/aromatic N) is 4. The average Bonchev–Trinajstić information content (AvgIpc) is 3.33. The fourth-order valence-corrected chi connectivity index (χ4v) is 6.74. The molecule has 0 spiro atoms. The van der Waals surface area contributed by atoms with E-state index in [0.29, 0.717) is 50.4 Å². The fourth-order valence-electron chi connectivity index (χ4n) is 3.80. The number of halogens is 3. The SMILES string of the molecule is O=S(=O)(NC1CCN(Cc2nn[nH]n2)CC1)c1cc(S(=O)(=O)c2ccccc2)ccc1C(F)(F)F. The summed E-state index contributed by atoms with van der Waals surface area (Å²) in [6.07, 6.45) is -4.34. The van der Waals surface area contributed by atoms with Crippen molar-refractivity contribution >= 4 is 19.9 Å². The number of tetrazole rings is 1. The quantitative estimate of drug-likeness (QED) is 0.473. The number of aromatic nitrogens is 4. The van der Waals surface area contributed by atoms with Crippen molar-refractivity contribution in [3.05, 3.63) is 59.9 Å². The zero-order valence-electron chi connectivity index (χ0n) is 18.1. The van der Waals surface area contributed by atoms with E-state index < -0.39 is 47.4 Å². The number of sulfone groups is 1. The highest BCUT2D eigenvalue weighted by atomic mass is 32.2. The third-order valence-electron chi connectivity index (χ3n) is 5.58. The van der Waals surface area contributed by atoms with Crippen LogP contribution in [0.3, 0.4) is 0 Å². The van der Waals surface area contributed by atoms with Crippen LogP contribution >= 0.6 is 0 Å². The van der Waals surface area contributed by atoms with Gasteiger partial charge in [0.05, 0.1) is 26.8 Å². The summed E-state index contributed by atoms with van der Waals surface area (Å²) in [5.41, 5.74) is -1.44. The topological polar surface area (TPSA) is 138 Å². The lowest BCUT2D eigenvalue weighted by Gasteiger charge is -2.31. The van der Waals surface area contributed by atoms with E-state index in [9.17, 15) is 30.0 Å². The van der Waals surface area contributed by atoms with Crippen LogP contribution in [0.1, 0.15) is 24.2 Å². The van der Waals surface area contributed by atoms with Gasteiger partial charge in [0.25, 0.3) is 0 Å². The molecular formula is C20H21F3N6O4S2. The van der Waals surface area contributed by atoms with Gasteiger partial charge in [0.2, 0.25) is 19.9 Å². The number of nitrogens with one attached hydrogen (secondary N) is 2. The van der Waals surface area contributed by atoms with Gasteiger partial charge in [-0.3, -0.25) is 4.90 Å². The number of aromatic amines is 1. The first-order valence-corrected chi connectivity index (χ1v) is 13.4. The Labute approximate surface area is 199 Å². The van der Waals surface area contributed by atoms with Crippen molar-refractivity contribution in [3.63, 3.8) is 0 Å². The van der Waals surface area contributed by atoms with Gasteiger partial charge in [-0.15, -0.1) is 10.2 Å². The molecule has 0 aliphatic carbocycles. The van der Waals surface area contributed by atoms with Gasteiger partial charge in [-0.05, 0) is 43.2 Å². The third kappa shape index (κ3) is 5.69. The van der Waals surface area contributed by atoms with Crippen LogP contribution in [0.25, 0.3) is 0 Å². The number of benzene rings is 2. The lowest BCUT2D eigenvalue weighted by atomic mass is 10.1. The predicted molar refractivity (Wildman–Crippen MR) is 116 cm³/mol. The molecule has 1 saturated heterocycles. The Balaban J connectivity index is 1.59. The van der Waals surface area contributed by atoms with Gasteiger partial charge < -0.3 is 0 Å². The Bertz CT molecular complexity index is 1370. The molecule has 0 unspecified atom stereocenters. The summed E-state index contributed by atoms with van der Waals surface area (Å²) in [6, 6.07) is 8.25. The Hall–Kier alpha value is -2.88. The summed E-state index contributed by atoms with van der Waals surface area (Å²) < 4.78 is 95.3. The van der Waals surface area contributed by atoms with Gasteiger partial charge in [0.15, 0.2) is 5.82 Å².